The van der Waals surface area contributed by atoms with E-state index in [4.69, 9.17) is 16.7 Å². The molecule has 64 valence electrons. The van der Waals surface area contributed by atoms with Gasteiger partial charge in [-0.15, -0.1) is 0 Å². The molecule has 0 aliphatic carbocycles. The first-order valence-electron chi connectivity index (χ1n) is 3.73. The molecule has 0 heterocycles. The summed E-state index contributed by atoms with van der Waals surface area (Å²) in [6.07, 6.45) is 4.43. The van der Waals surface area contributed by atoms with Gasteiger partial charge in [0.25, 0.3) is 0 Å². The molecule has 0 saturated heterocycles. The Hall–Kier alpha value is -0.500. The molecule has 1 N–H and O–H groups in total. The smallest absolute Gasteiger partial charge is 0.303 e. The van der Waals surface area contributed by atoms with E-state index in [1.807, 2.05) is 6.08 Å². The van der Waals surface area contributed by atoms with Gasteiger partial charge in [0.2, 0.25) is 0 Å². The lowest BCUT2D eigenvalue weighted by Gasteiger charge is -1.94. The second-order valence-electron chi connectivity index (χ2n) is 2.33. The Kier molecular flexibility index (Phi) is 5.94. The minimum atomic E-state index is -0.798. The van der Waals surface area contributed by atoms with Gasteiger partial charge in [-0.05, 0) is 12.8 Å². The standard InChI is InChI=1S/C8H13ClO2/c1-2-3-4-7(9)5-6-8(10)11/h4H,2-3,5-6H2,1H3,(H,10,11)/b7-4-. The summed E-state index contributed by atoms with van der Waals surface area (Å²) in [6.45, 7) is 2.05. The van der Waals surface area contributed by atoms with Crippen LogP contribution in [0.3, 0.4) is 0 Å². The van der Waals surface area contributed by atoms with Crippen molar-refractivity contribution in [1.82, 2.24) is 0 Å². The van der Waals surface area contributed by atoms with Gasteiger partial charge in [-0.1, -0.05) is 31.0 Å². The van der Waals surface area contributed by atoms with Gasteiger partial charge in [-0.25, -0.2) is 0 Å². The van der Waals surface area contributed by atoms with Crippen molar-refractivity contribution in [2.24, 2.45) is 0 Å². The van der Waals surface area contributed by atoms with E-state index in [0.29, 0.717) is 11.5 Å². The molecule has 0 radical (unpaired) electrons. The van der Waals surface area contributed by atoms with Crippen molar-refractivity contribution in [1.29, 1.82) is 0 Å². The Morgan fingerprint density at radius 1 is 1.55 bits per heavy atom. The van der Waals surface area contributed by atoms with Crippen LogP contribution >= 0.6 is 11.6 Å². The van der Waals surface area contributed by atoms with Gasteiger partial charge in [0.05, 0.1) is 6.42 Å². The molecule has 0 fully saturated rings. The fourth-order valence-corrected chi connectivity index (χ4v) is 0.833. The van der Waals surface area contributed by atoms with Gasteiger partial charge in [0.15, 0.2) is 0 Å². The van der Waals surface area contributed by atoms with Crippen molar-refractivity contribution in [3.63, 3.8) is 0 Å². The average Bonchev–Trinajstić information content (AvgIpc) is 1.97. The lowest BCUT2D eigenvalue weighted by atomic mass is 10.2. The summed E-state index contributed by atoms with van der Waals surface area (Å²) in [7, 11) is 0. The Balaban J connectivity index is 3.50. The van der Waals surface area contributed by atoms with Crippen molar-refractivity contribution >= 4 is 17.6 Å². The number of allylic oxidation sites excluding steroid dienone is 2. The highest BCUT2D eigenvalue weighted by Gasteiger charge is 1.97. The number of hydrogen-bond donors (Lipinski definition) is 1. The highest BCUT2D eigenvalue weighted by Crippen LogP contribution is 2.11. The first-order valence-corrected chi connectivity index (χ1v) is 4.11. The minimum absolute atomic E-state index is 0.124. The molecule has 11 heavy (non-hydrogen) atoms. The third-order valence-electron chi connectivity index (χ3n) is 1.23. The molecule has 0 saturated carbocycles. The Labute approximate surface area is 71.9 Å². The lowest BCUT2D eigenvalue weighted by Crippen LogP contribution is -1.93. The number of rotatable bonds is 5. The van der Waals surface area contributed by atoms with Crippen molar-refractivity contribution in [3.8, 4) is 0 Å². The van der Waals surface area contributed by atoms with Gasteiger partial charge in [-0.3, -0.25) is 4.79 Å². The van der Waals surface area contributed by atoms with Gasteiger partial charge < -0.3 is 5.11 Å². The van der Waals surface area contributed by atoms with Crippen molar-refractivity contribution < 1.29 is 9.90 Å². The second-order valence-corrected chi connectivity index (χ2v) is 2.82. The van der Waals surface area contributed by atoms with E-state index in [1.165, 1.54) is 0 Å². The third kappa shape index (κ3) is 7.40. The maximum absolute atomic E-state index is 10.1. The zero-order valence-electron chi connectivity index (χ0n) is 6.64. The summed E-state index contributed by atoms with van der Waals surface area (Å²) in [5.41, 5.74) is 0. The van der Waals surface area contributed by atoms with Crippen LogP contribution in [-0.4, -0.2) is 11.1 Å². The molecule has 0 aliphatic heterocycles. The summed E-state index contributed by atoms with van der Waals surface area (Å²) < 4.78 is 0. The molecule has 0 aromatic carbocycles. The van der Waals surface area contributed by atoms with Crippen LogP contribution in [0.2, 0.25) is 0 Å². The summed E-state index contributed by atoms with van der Waals surface area (Å²) >= 11 is 5.70. The van der Waals surface area contributed by atoms with Gasteiger partial charge >= 0.3 is 5.97 Å². The number of hydrogen-bond acceptors (Lipinski definition) is 1. The summed E-state index contributed by atoms with van der Waals surface area (Å²) in [5, 5.41) is 8.96. The molecule has 0 aromatic rings. The molecule has 0 aromatic heterocycles. The number of aliphatic carboxylic acids is 1. The molecule has 0 unspecified atom stereocenters. The van der Waals surface area contributed by atoms with Crippen LogP contribution in [0, 0.1) is 0 Å². The molecule has 2 nitrogen and oxygen atoms in total. The van der Waals surface area contributed by atoms with Crippen molar-refractivity contribution in [2.75, 3.05) is 0 Å². The van der Waals surface area contributed by atoms with E-state index in [2.05, 4.69) is 6.92 Å². The monoisotopic (exact) mass is 176 g/mol. The van der Waals surface area contributed by atoms with E-state index in [1.54, 1.807) is 0 Å². The van der Waals surface area contributed by atoms with Crippen molar-refractivity contribution in [2.45, 2.75) is 32.6 Å². The van der Waals surface area contributed by atoms with Gasteiger partial charge in [0, 0.05) is 5.03 Å². The highest BCUT2D eigenvalue weighted by atomic mass is 35.5. The van der Waals surface area contributed by atoms with E-state index >= 15 is 0 Å². The minimum Gasteiger partial charge on any atom is -0.481 e. The maximum Gasteiger partial charge on any atom is 0.303 e. The van der Waals surface area contributed by atoms with Crippen LogP contribution in [0.25, 0.3) is 0 Å². The van der Waals surface area contributed by atoms with Gasteiger partial charge in [-0.2, -0.15) is 0 Å². The number of unbranched alkanes of at least 4 members (excludes halogenated alkanes) is 1. The maximum atomic E-state index is 10.1. The zero-order chi connectivity index (χ0) is 8.69. The van der Waals surface area contributed by atoms with E-state index in [9.17, 15) is 4.79 Å². The van der Waals surface area contributed by atoms with Gasteiger partial charge in [0.1, 0.15) is 0 Å². The van der Waals surface area contributed by atoms with Crippen LogP contribution < -0.4 is 0 Å². The quantitative estimate of drug-likeness (QED) is 0.700. The number of carboxylic acids is 1. The highest BCUT2D eigenvalue weighted by molar-refractivity contribution is 6.29. The predicted molar refractivity (Wildman–Crippen MR) is 45.7 cm³/mol. The molecule has 0 aliphatic rings. The number of halogens is 1. The van der Waals surface area contributed by atoms with E-state index in [-0.39, 0.29) is 6.42 Å². The normalized spacial score (nSPS) is 11.6. The topological polar surface area (TPSA) is 37.3 Å². The second kappa shape index (κ2) is 6.23. The average molecular weight is 177 g/mol. The molecule has 0 amide bonds. The van der Waals surface area contributed by atoms with Crippen LogP contribution in [0.1, 0.15) is 32.6 Å². The fourth-order valence-electron chi connectivity index (χ4n) is 0.629. The summed E-state index contributed by atoms with van der Waals surface area (Å²) in [6, 6.07) is 0. The van der Waals surface area contributed by atoms with Crippen LogP contribution in [-0.2, 0) is 4.79 Å². The first-order chi connectivity index (χ1) is 5.16. The Morgan fingerprint density at radius 2 is 2.18 bits per heavy atom. The van der Waals surface area contributed by atoms with Crippen LogP contribution in [0.15, 0.2) is 11.1 Å². The molecule has 0 atom stereocenters. The van der Waals surface area contributed by atoms with Crippen LogP contribution in [0.5, 0.6) is 0 Å². The molecular formula is C8H13ClO2. The molecular weight excluding hydrogens is 164 g/mol. The van der Waals surface area contributed by atoms with Crippen LogP contribution in [0.4, 0.5) is 0 Å². The largest absolute Gasteiger partial charge is 0.481 e. The fraction of sp³-hybridized carbons (Fsp3) is 0.625. The first kappa shape index (κ1) is 10.5. The Morgan fingerprint density at radius 3 is 2.64 bits per heavy atom. The molecule has 3 heteroatoms. The summed E-state index contributed by atoms with van der Waals surface area (Å²) in [5.74, 6) is -0.798. The van der Waals surface area contributed by atoms with Crippen molar-refractivity contribution in [3.05, 3.63) is 11.1 Å². The Bertz CT molecular complexity index is 152. The van der Waals surface area contributed by atoms with E-state index in [0.717, 1.165) is 12.8 Å². The summed E-state index contributed by atoms with van der Waals surface area (Å²) in [4.78, 5) is 10.1. The number of carbonyl (C=O) groups is 1. The van der Waals surface area contributed by atoms with E-state index < -0.39 is 5.97 Å². The molecule has 0 bridgehead atoms. The zero-order valence-corrected chi connectivity index (χ0v) is 7.40. The lowest BCUT2D eigenvalue weighted by molar-refractivity contribution is -0.136. The SMILES string of the molecule is CCC/C=C(\Cl)CCC(=O)O. The molecule has 0 rings (SSSR count). The third-order valence-corrected chi connectivity index (χ3v) is 1.58. The number of carboxylic acid groups (broad SMARTS) is 1. The predicted octanol–water partition coefficient (Wildman–Crippen LogP) is 2.77. The molecule has 0 spiro atoms.